The number of carboxylic acid groups (broad SMARTS) is 1. The molecule has 0 spiro atoms. The molecule has 0 aliphatic carbocycles. The van der Waals surface area contributed by atoms with Crippen LogP contribution in [0.25, 0.3) is 0 Å². The summed E-state index contributed by atoms with van der Waals surface area (Å²) in [5.74, 6) is -0.457. The minimum atomic E-state index is -1.23. The van der Waals surface area contributed by atoms with Gasteiger partial charge in [0.05, 0.1) is 0 Å². The topological polar surface area (TPSA) is 89.9 Å². The summed E-state index contributed by atoms with van der Waals surface area (Å²) in [5, 5.41) is 11.3. The zero-order chi connectivity index (χ0) is 17.1. The fourth-order valence-corrected chi connectivity index (χ4v) is 3.36. The number of benzene rings is 1. The summed E-state index contributed by atoms with van der Waals surface area (Å²) in [6.07, 6.45) is 1.71. The summed E-state index contributed by atoms with van der Waals surface area (Å²) in [6, 6.07) is 6.60. The maximum Gasteiger partial charge on any atom is 0.405 e. The van der Waals surface area contributed by atoms with Gasteiger partial charge in [-0.25, -0.2) is 4.79 Å². The van der Waals surface area contributed by atoms with Crippen molar-refractivity contribution in [3.05, 3.63) is 29.8 Å². The first-order chi connectivity index (χ1) is 11.6. The fraction of sp³-hybridized carbons (Fsp3) is 0.471. The Hall–Kier alpha value is -2.57. The zero-order valence-electron chi connectivity index (χ0n) is 13.4. The predicted molar refractivity (Wildman–Crippen MR) is 87.9 cm³/mol. The van der Waals surface area contributed by atoms with Crippen LogP contribution < -0.4 is 10.2 Å². The number of hydrogen-bond donors (Lipinski definition) is 2. The highest BCUT2D eigenvalue weighted by atomic mass is 16.4. The van der Waals surface area contributed by atoms with Gasteiger partial charge in [0.1, 0.15) is 12.6 Å². The molecule has 2 heterocycles. The lowest BCUT2D eigenvalue weighted by molar-refractivity contribution is -0.130. The minimum Gasteiger partial charge on any atom is -0.465 e. The number of amides is 3. The molecule has 24 heavy (non-hydrogen) atoms. The number of para-hydroxylation sites is 1. The van der Waals surface area contributed by atoms with Gasteiger partial charge in [0, 0.05) is 18.8 Å². The third kappa shape index (κ3) is 3.34. The van der Waals surface area contributed by atoms with Crippen LogP contribution in [-0.2, 0) is 16.0 Å². The van der Waals surface area contributed by atoms with Gasteiger partial charge in [-0.2, -0.15) is 0 Å². The monoisotopic (exact) mass is 331 g/mol. The molecule has 1 aromatic rings. The lowest BCUT2D eigenvalue weighted by Crippen LogP contribution is -2.50. The fourth-order valence-electron chi connectivity index (χ4n) is 3.36. The van der Waals surface area contributed by atoms with E-state index < -0.39 is 12.1 Å². The number of carbonyl (C=O) groups excluding carboxylic acids is 2. The molecule has 1 atom stereocenters. The number of likely N-dealkylation sites (tertiary alicyclic amines) is 1. The predicted octanol–water partition coefficient (Wildman–Crippen LogP) is 1.22. The Morgan fingerprint density at radius 2 is 1.92 bits per heavy atom. The summed E-state index contributed by atoms with van der Waals surface area (Å²) in [5.41, 5.74) is 1.65. The van der Waals surface area contributed by atoms with Gasteiger partial charge in [0.2, 0.25) is 11.8 Å². The Morgan fingerprint density at radius 3 is 2.62 bits per heavy atom. The first kappa shape index (κ1) is 16.3. The summed E-state index contributed by atoms with van der Waals surface area (Å²) >= 11 is 0. The Morgan fingerprint density at radius 1 is 1.21 bits per heavy atom. The second-order valence-electron chi connectivity index (χ2n) is 6.18. The third-order valence-corrected chi connectivity index (χ3v) is 4.60. The molecule has 1 saturated heterocycles. The van der Waals surface area contributed by atoms with Crippen LogP contribution in [-0.4, -0.2) is 53.6 Å². The normalized spacial score (nSPS) is 20.5. The molecular formula is C17H21N3O4. The van der Waals surface area contributed by atoms with Gasteiger partial charge in [-0.15, -0.1) is 0 Å². The molecule has 7 heteroatoms. The number of anilines is 1. The zero-order valence-corrected chi connectivity index (χ0v) is 13.4. The summed E-state index contributed by atoms with van der Waals surface area (Å²) < 4.78 is 0. The van der Waals surface area contributed by atoms with Gasteiger partial charge in [-0.1, -0.05) is 18.2 Å². The van der Waals surface area contributed by atoms with E-state index in [2.05, 4.69) is 5.32 Å². The summed E-state index contributed by atoms with van der Waals surface area (Å²) in [4.78, 5) is 39.5. The minimum absolute atomic E-state index is 0.0480. The van der Waals surface area contributed by atoms with Crippen LogP contribution in [0.15, 0.2) is 24.3 Å². The largest absolute Gasteiger partial charge is 0.465 e. The highest BCUT2D eigenvalue weighted by molar-refractivity contribution is 6.03. The van der Waals surface area contributed by atoms with E-state index >= 15 is 0 Å². The molecule has 2 N–H and O–H groups in total. The van der Waals surface area contributed by atoms with Crippen molar-refractivity contribution < 1.29 is 19.5 Å². The summed E-state index contributed by atoms with van der Waals surface area (Å²) in [7, 11) is 0. The lowest BCUT2D eigenvalue weighted by Gasteiger charge is -2.27. The van der Waals surface area contributed by atoms with Crippen molar-refractivity contribution in [2.24, 2.45) is 0 Å². The van der Waals surface area contributed by atoms with Crippen LogP contribution in [0.5, 0.6) is 0 Å². The van der Waals surface area contributed by atoms with Crippen molar-refractivity contribution in [2.75, 3.05) is 24.5 Å². The molecule has 0 radical (unpaired) electrons. The van der Waals surface area contributed by atoms with Crippen molar-refractivity contribution in [3.63, 3.8) is 0 Å². The number of rotatable bonds is 3. The summed E-state index contributed by atoms with van der Waals surface area (Å²) in [6.45, 7) is 1.40. The average Bonchev–Trinajstić information content (AvgIpc) is 3.07. The van der Waals surface area contributed by atoms with Crippen LogP contribution in [0, 0.1) is 0 Å². The standard InChI is InChI=1S/C17H21N3O4/c21-15(19-9-3-4-10-19)11-20-14-6-2-1-5-12(14)7-8-13(16(20)22)18-17(23)24/h1-2,5-6,13,18H,3-4,7-11H2,(H,23,24). The van der Waals surface area contributed by atoms with Gasteiger partial charge < -0.3 is 20.2 Å². The van der Waals surface area contributed by atoms with E-state index in [1.165, 1.54) is 4.90 Å². The van der Waals surface area contributed by atoms with Gasteiger partial charge in [0.15, 0.2) is 0 Å². The lowest BCUT2D eigenvalue weighted by atomic mass is 10.1. The quantitative estimate of drug-likeness (QED) is 0.871. The molecular weight excluding hydrogens is 310 g/mol. The van der Waals surface area contributed by atoms with E-state index in [-0.39, 0.29) is 18.4 Å². The number of hydrogen-bond acceptors (Lipinski definition) is 3. The number of nitrogens with zero attached hydrogens (tertiary/aromatic N) is 2. The molecule has 2 aliphatic rings. The van der Waals surface area contributed by atoms with E-state index in [0.717, 1.165) is 31.5 Å². The number of carbonyl (C=O) groups is 3. The van der Waals surface area contributed by atoms with E-state index in [4.69, 9.17) is 5.11 Å². The Labute approximate surface area is 140 Å². The molecule has 1 unspecified atom stereocenters. The molecule has 1 aromatic carbocycles. The van der Waals surface area contributed by atoms with E-state index in [0.29, 0.717) is 18.5 Å². The Kier molecular flexibility index (Phi) is 4.69. The number of fused-ring (bicyclic) bond motifs is 1. The molecule has 0 bridgehead atoms. The van der Waals surface area contributed by atoms with Crippen molar-refractivity contribution in [1.29, 1.82) is 0 Å². The van der Waals surface area contributed by atoms with Gasteiger partial charge >= 0.3 is 6.09 Å². The van der Waals surface area contributed by atoms with E-state index in [9.17, 15) is 14.4 Å². The second kappa shape index (κ2) is 6.90. The van der Waals surface area contributed by atoms with Crippen molar-refractivity contribution in [1.82, 2.24) is 10.2 Å². The second-order valence-corrected chi connectivity index (χ2v) is 6.18. The van der Waals surface area contributed by atoms with E-state index in [1.807, 2.05) is 24.3 Å². The molecule has 7 nitrogen and oxygen atoms in total. The number of aryl methyl sites for hydroxylation is 1. The smallest absolute Gasteiger partial charge is 0.405 e. The van der Waals surface area contributed by atoms with Crippen LogP contribution >= 0.6 is 0 Å². The molecule has 0 saturated carbocycles. The van der Waals surface area contributed by atoms with E-state index in [1.54, 1.807) is 4.90 Å². The molecule has 3 rings (SSSR count). The SMILES string of the molecule is O=C(O)NC1CCc2ccccc2N(CC(=O)N2CCCC2)C1=O. The molecule has 0 aromatic heterocycles. The average molecular weight is 331 g/mol. The molecule has 128 valence electrons. The van der Waals surface area contributed by atoms with Gasteiger partial charge in [-0.3, -0.25) is 9.59 Å². The maximum absolute atomic E-state index is 12.8. The third-order valence-electron chi connectivity index (χ3n) is 4.60. The van der Waals surface area contributed by atoms with Crippen LogP contribution in [0.2, 0.25) is 0 Å². The van der Waals surface area contributed by atoms with Gasteiger partial charge in [0.25, 0.3) is 0 Å². The van der Waals surface area contributed by atoms with Crippen molar-refractivity contribution >= 4 is 23.6 Å². The molecule has 1 fully saturated rings. The van der Waals surface area contributed by atoms with Crippen molar-refractivity contribution in [2.45, 2.75) is 31.7 Å². The first-order valence-electron chi connectivity index (χ1n) is 8.23. The Bertz CT molecular complexity index is 655. The van der Waals surface area contributed by atoms with Crippen molar-refractivity contribution in [3.8, 4) is 0 Å². The molecule has 3 amide bonds. The van der Waals surface area contributed by atoms with Gasteiger partial charge in [-0.05, 0) is 37.3 Å². The molecule has 2 aliphatic heterocycles. The number of nitrogens with one attached hydrogen (secondary N) is 1. The highest BCUT2D eigenvalue weighted by Gasteiger charge is 2.33. The van der Waals surface area contributed by atoms with Crippen LogP contribution in [0.4, 0.5) is 10.5 Å². The first-order valence-corrected chi connectivity index (χ1v) is 8.23. The highest BCUT2D eigenvalue weighted by Crippen LogP contribution is 2.27. The maximum atomic E-state index is 12.8. The van der Waals surface area contributed by atoms with Crippen LogP contribution in [0.3, 0.4) is 0 Å². The Balaban J connectivity index is 1.87. The van der Waals surface area contributed by atoms with Crippen LogP contribution in [0.1, 0.15) is 24.8 Å².